The van der Waals surface area contributed by atoms with Crippen LogP contribution in [0, 0.1) is 5.82 Å². The highest BCUT2D eigenvalue weighted by Gasteiger charge is 2.13. The first-order valence-electron chi connectivity index (χ1n) is 6.66. The molecule has 2 aromatic rings. The molecule has 2 rings (SSSR count). The maximum absolute atomic E-state index is 13.2. The van der Waals surface area contributed by atoms with Crippen LogP contribution in [0.5, 0.6) is 0 Å². The number of ether oxygens (including phenoxy) is 1. The third kappa shape index (κ3) is 3.56. The molecule has 114 valence electrons. The minimum atomic E-state index is -0.676. The van der Waals surface area contributed by atoms with Gasteiger partial charge in [-0.1, -0.05) is 0 Å². The number of fused-ring (bicyclic) bond motifs is 1. The molecule has 0 radical (unpaired) electrons. The fraction of sp³-hybridized carbons (Fsp3) is 0.429. The number of nitrogens with two attached hydrogens (primary N) is 1. The highest BCUT2D eigenvalue weighted by molar-refractivity contribution is 5.81. The maximum Gasteiger partial charge on any atom is 0.239 e. The molecule has 1 aromatic carbocycles. The number of nitrogens with zero attached hydrogens (tertiary/aromatic N) is 2. The van der Waals surface area contributed by atoms with Crippen LogP contribution in [0.25, 0.3) is 11.0 Å². The number of aromatic nitrogens is 2. The number of carbonyl (C=O) groups excluding carboxylic acids is 1. The minimum absolute atomic E-state index is 0.178. The molecule has 0 bridgehead atoms. The van der Waals surface area contributed by atoms with Crippen LogP contribution in [-0.2, 0) is 23.0 Å². The first-order valence-corrected chi connectivity index (χ1v) is 6.66. The Bertz CT molecular complexity index is 641. The van der Waals surface area contributed by atoms with Crippen LogP contribution in [0.4, 0.5) is 4.39 Å². The van der Waals surface area contributed by atoms with Crippen molar-refractivity contribution in [2.24, 2.45) is 12.8 Å². The molecule has 0 aliphatic carbocycles. The molecule has 0 aliphatic heterocycles. The van der Waals surface area contributed by atoms with E-state index in [4.69, 9.17) is 10.5 Å². The van der Waals surface area contributed by atoms with Crippen molar-refractivity contribution in [2.45, 2.75) is 12.5 Å². The number of methoxy groups -OCH3 is 1. The molecule has 1 heterocycles. The lowest BCUT2D eigenvalue weighted by molar-refractivity contribution is -0.123. The number of amides is 1. The Hall–Kier alpha value is -1.99. The van der Waals surface area contributed by atoms with Gasteiger partial charge in [-0.15, -0.1) is 0 Å². The van der Waals surface area contributed by atoms with Crippen molar-refractivity contribution in [3.05, 3.63) is 29.8 Å². The number of halogens is 1. The van der Waals surface area contributed by atoms with E-state index in [1.54, 1.807) is 6.07 Å². The molecule has 0 fully saturated rings. The molecule has 0 saturated heterocycles. The second-order valence-corrected chi connectivity index (χ2v) is 4.82. The highest BCUT2D eigenvalue weighted by atomic mass is 19.1. The Kier molecular flexibility index (Phi) is 4.87. The summed E-state index contributed by atoms with van der Waals surface area (Å²) in [5.41, 5.74) is 7.08. The first kappa shape index (κ1) is 15.4. The summed E-state index contributed by atoms with van der Waals surface area (Å²) in [7, 11) is 3.31. The molecular weight excluding hydrogens is 275 g/mol. The predicted molar refractivity (Wildman–Crippen MR) is 77.2 cm³/mol. The molecule has 3 N–H and O–H groups in total. The Labute approximate surface area is 122 Å². The van der Waals surface area contributed by atoms with Crippen molar-refractivity contribution in [1.29, 1.82) is 0 Å². The SMILES string of the molecule is COCC(N)C(=O)NCCc1nc2ccc(F)cc2n1C. The lowest BCUT2D eigenvalue weighted by Gasteiger charge is -2.11. The summed E-state index contributed by atoms with van der Waals surface area (Å²) in [5.74, 6) is 0.216. The topological polar surface area (TPSA) is 82.2 Å². The molecule has 0 aliphatic rings. The standard InChI is InChI=1S/C14H19FN4O2/c1-19-12-7-9(15)3-4-11(12)18-13(19)5-6-17-14(20)10(16)8-21-2/h3-4,7,10H,5-6,8,16H2,1-2H3,(H,17,20). The molecule has 1 unspecified atom stereocenters. The summed E-state index contributed by atoms with van der Waals surface area (Å²) in [4.78, 5) is 16.1. The highest BCUT2D eigenvalue weighted by Crippen LogP contribution is 2.16. The minimum Gasteiger partial charge on any atom is -0.383 e. The summed E-state index contributed by atoms with van der Waals surface area (Å²) in [6.07, 6.45) is 0.540. The summed E-state index contributed by atoms with van der Waals surface area (Å²) in [6.45, 7) is 0.591. The fourth-order valence-electron chi connectivity index (χ4n) is 2.12. The molecule has 0 spiro atoms. The molecule has 1 atom stereocenters. The Morgan fingerprint density at radius 2 is 2.33 bits per heavy atom. The van der Waals surface area contributed by atoms with Gasteiger partial charge in [0.1, 0.15) is 17.7 Å². The van der Waals surface area contributed by atoms with Crippen LogP contribution in [0.15, 0.2) is 18.2 Å². The van der Waals surface area contributed by atoms with Crippen molar-refractivity contribution in [3.63, 3.8) is 0 Å². The molecular formula is C14H19FN4O2. The van der Waals surface area contributed by atoms with E-state index in [1.165, 1.54) is 19.2 Å². The van der Waals surface area contributed by atoms with Crippen molar-refractivity contribution in [2.75, 3.05) is 20.3 Å². The normalized spacial score (nSPS) is 12.6. The monoisotopic (exact) mass is 294 g/mol. The largest absolute Gasteiger partial charge is 0.383 e. The van der Waals surface area contributed by atoms with Gasteiger partial charge in [0.2, 0.25) is 5.91 Å². The lowest BCUT2D eigenvalue weighted by Crippen LogP contribution is -2.44. The molecule has 1 amide bonds. The fourth-order valence-corrected chi connectivity index (χ4v) is 2.12. The van der Waals surface area contributed by atoms with E-state index in [1.807, 2.05) is 11.6 Å². The van der Waals surface area contributed by atoms with E-state index in [9.17, 15) is 9.18 Å². The summed E-state index contributed by atoms with van der Waals surface area (Å²) in [6, 6.07) is 3.79. The van der Waals surface area contributed by atoms with Crippen LogP contribution >= 0.6 is 0 Å². The number of nitrogens with one attached hydrogen (secondary N) is 1. The van der Waals surface area contributed by atoms with E-state index in [-0.39, 0.29) is 18.3 Å². The molecule has 1 aromatic heterocycles. The maximum atomic E-state index is 13.2. The molecule has 0 saturated carbocycles. The average Bonchev–Trinajstić information content (AvgIpc) is 2.76. The van der Waals surface area contributed by atoms with Gasteiger partial charge in [-0.3, -0.25) is 4.79 Å². The molecule has 7 heteroatoms. The van der Waals surface area contributed by atoms with Gasteiger partial charge < -0.3 is 20.4 Å². The predicted octanol–water partition coefficient (Wildman–Crippen LogP) is 0.345. The van der Waals surface area contributed by atoms with E-state index in [2.05, 4.69) is 10.3 Å². The average molecular weight is 294 g/mol. The van der Waals surface area contributed by atoms with Crippen LogP contribution in [0.2, 0.25) is 0 Å². The lowest BCUT2D eigenvalue weighted by atomic mass is 10.3. The van der Waals surface area contributed by atoms with Gasteiger partial charge >= 0.3 is 0 Å². The second kappa shape index (κ2) is 6.64. The van der Waals surface area contributed by atoms with E-state index in [0.717, 1.165) is 16.9 Å². The molecule has 6 nitrogen and oxygen atoms in total. The summed E-state index contributed by atoms with van der Waals surface area (Å²) >= 11 is 0. The van der Waals surface area contributed by atoms with E-state index in [0.29, 0.717) is 13.0 Å². The number of imidazole rings is 1. The van der Waals surface area contributed by atoms with Crippen molar-refractivity contribution >= 4 is 16.9 Å². The third-order valence-corrected chi connectivity index (χ3v) is 3.27. The van der Waals surface area contributed by atoms with Crippen LogP contribution in [-0.4, -0.2) is 41.8 Å². The van der Waals surface area contributed by atoms with Crippen LogP contribution in [0.3, 0.4) is 0 Å². The Balaban J connectivity index is 1.98. The van der Waals surface area contributed by atoms with Crippen LogP contribution in [0.1, 0.15) is 5.82 Å². The third-order valence-electron chi connectivity index (χ3n) is 3.27. The van der Waals surface area contributed by atoms with Gasteiger partial charge in [0.25, 0.3) is 0 Å². The second-order valence-electron chi connectivity index (χ2n) is 4.82. The van der Waals surface area contributed by atoms with E-state index >= 15 is 0 Å². The van der Waals surface area contributed by atoms with Crippen molar-refractivity contribution < 1.29 is 13.9 Å². The molecule has 21 heavy (non-hydrogen) atoms. The summed E-state index contributed by atoms with van der Waals surface area (Å²) in [5, 5.41) is 2.73. The van der Waals surface area contributed by atoms with Gasteiger partial charge in [0, 0.05) is 27.1 Å². The number of hydrogen-bond acceptors (Lipinski definition) is 4. The number of aryl methyl sites for hydroxylation is 1. The van der Waals surface area contributed by atoms with Crippen molar-refractivity contribution in [1.82, 2.24) is 14.9 Å². The van der Waals surface area contributed by atoms with Crippen LogP contribution < -0.4 is 11.1 Å². The van der Waals surface area contributed by atoms with E-state index < -0.39 is 6.04 Å². The quantitative estimate of drug-likeness (QED) is 0.805. The zero-order chi connectivity index (χ0) is 15.4. The van der Waals surface area contributed by atoms with Gasteiger partial charge in [0.05, 0.1) is 17.6 Å². The number of benzene rings is 1. The number of carbonyl (C=O) groups is 1. The number of rotatable bonds is 6. The zero-order valence-electron chi connectivity index (χ0n) is 12.1. The van der Waals surface area contributed by atoms with Gasteiger partial charge in [-0.25, -0.2) is 9.37 Å². The zero-order valence-corrected chi connectivity index (χ0v) is 12.1. The number of hydrogen-bond donors (Lipinski definition) is 2. The summed E-state index contributed by atoms with van der Waals surface area (Å²) < 4.78 is 19.9. The van der Waals surface area contributed by atoms with Gasteiger partial charge in [0.15, 0.2) is 0 Å². The Morgan fingerprint density at radius 3 is 3.05 bits per heavy atom. The van der Waals surface area contributed by atoms with Gasteiger partial charge in [-0.05, 0) is 18.2 Å². The first-order chi connectivity index (χ1) is 10.0. The van der Waals surface area contributed by atoms with Gasteiger partial charge in [-0.2, -0.15) is 0 Å². The smallest absolute Gasteiger partial charge is 0.239 e. The Morgan fingerprint density at radius 1 is 1.57 bits per heavy atom. The van der Waals surface area contributed by atoms with Crippen molar-refractivity contribution in [3.8, 4) is 0 Å².